The van der Waals surface area contributed by atoms with E-state index in [2.05, 4.69) is 35.1 Å². The molecule has 0 aromatic heterocycles. The Morgan fingerprint density at radius 2 is 2.14 bits per heavy atom. The van der Waals surface area contributed by atoms with Crippen molar-refractivity contribution >= 4 is 33.2 Å². The van der Waals surface area contributed by atoms with Crippen molar-refractivity contribution in [3.63, 3.8) is 0 Å². The molecule has 0 saturated heterocycles. The standard InChI is InChI=1S/C14H20BrN3O3/c1-9(2)5-10(8-16)6-14(19)17-11-3-4-13(18(20)21)12(15)7-11/h3-4,7,9-10H,5-6,8,16H2,1-2H3,(H,17,19)/t10-/m0/s1. The number of carbonyl (C=O) groups is 1. The molecule has 116 valence electrons. The maximum absolute atomic E-state index is 12.0. The Labute approximate surface area is 132 Å². The topological polar surface area (TPSA) is 98.3 Å². The summed E-state index contributed by atoms with van der Waals surface area (Å²) < 4.78 is 0.336. The minimum Gasteiger partial charge on any atom is -0.330 e. The summed E-state index contributed by atoms with van der Waals surface area (Å²) in [4.78, 5) is 22.2. The number of nitrogens with one attached hydrogen (secondary N) is 1. The molecule has 3 N–H and O–H groups in total. The highest BCUT2D eigenvalue weighted by Gasteiger charge is 2.16. The van der Waals surface area contributed by atoms with E-state index < -0.39 is 4.92 Å². The number of carbonyl (C=O) groups excluding carboxylic acids is 1. The van der Waals surface area contributed by atoms with Crippen LogP contribution in [-0.4, -0.2) is 17.4 Å². The summed E-state index contributed by atoms with van der Waals surface area (Å²) in [6.07, 6.45) is 1.25. The van der Waals surface area contributed by atoms with Crippen molar-refractivity contribution in [2.45, 2.75) is 26.7 Å². The molecule has 0 bridgehead atoms. The lowest BCUT2D eigenvalue weighted by atomic mass is 9.94. The molecule has 21 heavy (non-hydrogen) atoms. The largest absolute Gasteiger partial charge is 0.330 e. The van der Waals surface area contributed by atoms with Gasteiger partial charge in [0.05, 0.1) is 9.40 Å². The van der Waals surface area contributed by atoms with Crippen LogP contribution in [0.1, 0.15) is 26.7 Å². The number of hydrogen-bond acceptors (Lipinski definition) is 4. The van der Waals surface area contributed by atoms with Gasteiger partial charge < -0.3 is 11.1 Å². The first-order valence-corrected chi connectivity index (χ1v) is 7.56. The number of anilines is 1. The SMILES string of the molecule is CC(C)C[C@H](CN)CC(=O)Nc1ccc([N+](=O)[O-])c(Br)c1. The van der Waals surface area contributed by atoms with Crippen LogP contribution in [0, 0.1) is 22.0 Å². The normalized spacial score (nSPS) is 12.2. The Morgan fingerprint density at radius 3 is 2.62 bits per heavy atom. The number of benzene rings is 1. The van der Waals surface area contributed by atoms with E-state index in [1.807, 2.05) is 0 Å². The van der Waals surface area contributed by atoms with Crippen molar-refractivity contribution in [2.75, 3.05) is 11.9 Å². The highest BCUT2D eigenvalue weighted by molar-refractivity contribution is 9.10. The molecule has 0 aliphatic carbocycles. The number of nitrogens with zero attached hydrogens (tertiary/aromatic N) is 1. The highest BCUT2D eigenvalue weighted by Crippen LogP contribution is 2.28. The average molecular weight is 358 g/mol. The second kappa shape index (κ2) is 8.09. The third-order valence-electron chi connectivity index (χ3n) is 3.04. The molecule has 0 spiro atoms. The van der Waals surface area contributed by atoms with Crippen molar-refractivity contribution in [2.24, 2.45) is 17.6 Å². The first-order chi connectivity index (χ1) is 9.83. The molecular formula is C14H20BrN3O3. The average Bonchev–Trinajstić information content (AvgIpc) is 2.36. The Kier molecular flexibility index (Phi) is 6.77. The van der Waals surface area contributed by atoms with E-state index >= 15 is 0 Å². The molecular weight excluding hydrogens is 338 g/mol. The second-order valence-corrected chi connectivity index (χ2v) is 6.26. The maximum atomic E-state index is 12.0. The fourth-order valence-corrected chi connectivity index (χ4v) is 2.66. The van der Waals surface area contributed by atoms with Crippen LogP contribution >= 0.6 is 15.9 Å². The molecule has 1 aromatic rings. The highest BCUT2D eigenvalue weighted by atomic mass is 79.9. The number of rotatable bonds is 7. The van der Waals surface area contributed by atoms with Crippen LogP contribution in [0.25, 0.3) is 0 Å². The lowest BCUT2D eigenvalue weighted by molar-refractivity contribution is -0.385. The molecule has 0 heterocycles. The zero-order chi connectivity index (χ0) is 16.0. The Balaban J connectivity index is 2.66. The van der Waals surface area contributed by atoms with Crippen LogP contribution in [0.5, 0.6) is 0 Å². The maximum Gasteiger partial charge on any atom is 0.283 e. The van der Waals surface area contributed by atoms with Gasteiger partial charge in [-0.05, 0) is 52.9 Å². The molecule has 1 aromatic carbocycles. The first kappa shape index (κ1) is 17.6. The van der Waals surface area contributed by atoms with Crippen molar-refractivity contribution in [1.82, 2.24) is 0 Å². The van der Waals surface area contributed by atoms with E-state index in [0.29, 0.717) is 29.0 Å². The summed E-state index contributed by atoms with van der Waals surface area (Å²) in [5, 5.41) is 13.5. The van der Waals surface area contributed by atoms with Crippen molar-refractivity contribution in [3.8, 4) is 0 Å². The number of nitrogens with two attached hydrogens (primary N) is 1. The van der Waals surface area contributed by atoms with Crippen LogP contribution in [-0.2, 0) is 4.79 Å². The minimum absolute atomic E-state index is 0.0346. The molecule has 1 atom stereocenters. The summed E-state index contributed by atoms with van der Waals surface area (Å²) in [5.41, 5.74) is 6.17. The predicted octanol–water partition coefficient (Wildman–Crippen LogP) is 3.31. The Bertz CT molecular complexity index is 520. The fourth-order valence-electron chi connectivity index (χ4n) is 2.14. The van der Waals surface area contributed by atoms with Crippen LogP contribution in [0.3, 0.4) is 0 Å². The van der Waals surface area contributed by atoms with Gasteiger partial charge in [0.25, 0.3) is 5.69 Å². The molecule has 0 radical (unpaired) electrons. The molecule has 7 heteroatoms. The van der Waals surface area contributed by atoms with Crippen molar-refractivity contribution in [1.29, 1.82) is 0 Å². The number of nitro groups is 1. The van der Waals surface area contributed by atoms with Gasteiger partial charge in [0.15, 0.2) is 0 Å². The van der Waals surface area contributed by atoms with Gasteiger partial charge in [-0.15, -0.1) is 0 Å². The molecule has 1 rings (SSSR count). The number of hydrogen-bond donors (Lipinski definition) is 2. The summed E-state index contributed by atoms with van der Waals surface area (Å²) in [7, 11) is 0. The second-order valence-electron chi connectivity index (χ2n) is 5.41. The molecule has 0 aliphatic heterocycles. The molecule has 0 saturated carbocycles. The van der Waals surface area contributed by atoms with E-state index in [1.54, 1.807) is 0 Å². The van der Waals surface area contributed by atoms with E-state index in [-0.39, 0.29) is 17.5 Å². The third kappa shape index (κ3) is 5.81. The monoisotopic (exact) mass is 357 g/mol. The zero-order valence-electron chi connectivity index (χ0n) is 12.1. The predicted molar refractivity (Wildman–Crippen MR) is 86.0 cm³/mol. The van der Waals surface area contributed by atoms with Crippen LogP contribution in [0.4, 0.5) is 11.4 Å². The van der Waals surface area contributed by atoms with Crippen LogP contribution in [0.15, 0.2) is 22.7 Å². The lowest BCUT2D eigenvalue weighted by Crippen LogP contribution is -2.23. The van der Waals surface area contributed by atoms with Gasteiger partial charge in [-0.2, -0.15) is 0 Å². The van der Waals surface area contributed by atoms with Gasteiger partial charge in [-0.1, -0.05) is 13.8 Å². The molecule has 6 nitrogen and oxygen atoms in total. The zero-order valence-corrected chi connectivity index (χ0v) is 13.7. The van der Waals surface area contributed by atoms with Gasteiger partial charge in [0.2, 0.25) is 5.91 Å². The summed E-state index contributed by atoms with van der Waals surface area (Å²) in [6.45, 7) is 4.65. The molecule has 0 fully saturated rings. The van der Waals surface area contributed by atoms with Crippen LogP contribution < -0.4 is 11.1 Å². The fraction of sp³-hybridized carbons (Fsp3) is 0.500. The minimum atomic E-state index is -0.483. The summed E-state index contributed by atoms with van der Waals surface area (Å²) >= 11 is 3.12. The van der Waals surface area contributed by atoms with Gasteiger partial charge in [-0.3, -0.25) is 14.9 Å². The number of amides is 1. The van der Waals surface area contributed by atoms with Gasteiger partial charge in [0.1, 0.15) is 0 Å². The Hall–Kier alpha value is -1.47. The molecule has 0 aliphatic rings. The first-order valence-electron chi connectivity index (χ1n) is 6.77. The quantitative estimate of drug-likeness (QED) is 0.577. The van der Waals surface area contributed by atoms with Crippen LogP contribution in [0.2, 0.25) is 0 Å². The summed E-state index contributed by atoms with van der Waals surface area (Å²) in [6, 6.07) is 4.39. The number of nitro benzene ring substituents is 1. The van der Waals surface area contributed by atoms with Crippen molar-refractivity contribution < 1.29 is 9.72 Å². The third-order valence-corrected chi connectivity index (χ3v) is 3.68. The van der Waals surface area contributed by atoms with E-state index in [0.717, 1.165) is 6.42 Å². The molecule has 1 amide bonds. The number of halogens is 1. The van der Waals surface area contributed by atoms with Gasteiger partial charge in [0, 0.05) is 18.2 Å². The molecule has 0 unspecified atom stereocenters. The van der Waals surface area contributed by atoms with E-state index in [4.69, 9.17) is 5.73 Å². The smallest absolute Gasteiger partial charge is 0.283 e. The van der Waals surface area contributed by atoms with E-state index in [9.17, 15) is 14.9 Å². The lowest BCUT2D eigenvalue weighted by Gasteiger charge is -2.16. The van der Waals surface area contributed by atoms with Gasteiger partial charge in [-0.25, -0.2) is 0 Å². The van der Waals surface area contributed by atoms with Crippen molar-refractivity contribution in [3.05, 3.63) is 32.8 Å². The Morgan fingerprint density at radius 1 is 1.48 bits per heavy atom. The van der Waals surface area contributed by atoms with E-state index in [1.165, 1.54) is 18.2 Å². The summed E-state index contributed by atoms with van der Waals surface area (Å²) in [5.74, 6) is 0.498. The van der Waals surface area contributed by atoms with Gasteiger partial charge >= 0.3 is 0 Å².